The number of imide groups is 1. The summed E-state index contributed by atoms with van der Waals surface area (Å²) < 4.78 is 0. The van der Waals surface area contributed by atoms with Crippen molar-refractivity contribution in [1.82, 2.24) is 0 Å². The number of aliphatic carboxylic acids is 1. The van der Waals surface area contributed by atoms with Gasteiger partial charge in [0.25, 0.3) is 5.24 Å². The van der Waals surface area contributed by atoms with Gasteiger partial charge >= 0.3 is 5.97 Å². The van der Waals surface area contributed by atoms with Crippen LogP contribution >= 0.6 is 11.8 Å². The molecule has 1 N–H and O–H groups in total. The Morgan fingerprint density at radius 1 is 1.32 bits per heavy atom. The molecular weight excluding hydrogens is 266 g/mol. The molecule has 1 aromatic rings. The first-order chi connectivity index (χ1) is 8.91. The second-order valence-corrected chi connectivity index (χ2v) is 5.54. The minimum Gasteiger partial charge on any atom is -0.481 e. The van der Waals surface area contributed by atoms with Gasteiger partial charge in [0.2, 0.25) is 5.91 Å². The first-order valence-corrected chi connectivity index (χ1v) is 6.62. The predicted molar refractivity (Wildman–Crippen MR) is 72.4 cm³/mol. The van der Waals surface area contributed by atoms with Crippen molar-refractivity contribution in [2.75, 3.05) is 4.90 Å². The van der Waals surface area contributed by atoms with Crippen LogP contribution in [0, 0.1) is 13.8 Å². The molecule has 6 heteroatoms. The van der Waals surface area contributed by atoms with Crippen LogP contribution in [0.1, 0.15) is 17.5 Å². The van der Waals surface area contributed by atoms with Crippen molar-refractivity contribution in [3.63, 3.8) is 0 Å². The largest absolute Gasteiger partial charge is 0.481 e. The topological polar surface area (TPSA) is 74.7 Å². The van der Waals surface area contributed by atoms with Crippen LogP contribution in [0.3, 0.4) is 0 Å². The minimum atomic E-state index is -1.08. The highest BCUT2D eigenvalue weighted by atomic mass is 32.2. The fourth-order valence-electron chi connectivity index (χ4n) is 2.11. The first-order valence-electron chi connectivity index (χ1n) is 5.74. The molecule has 1 unspecified atom stereocenters. The molecule has 2 amide bonds. The molecule has 1 atom stereocenters. The average Bonchev–Trinajstić information content (AvgIpc) is 2.55. The number of para-hydroxylation sites is 1. The number of carboxylic acids is 1. The van der Waals surface area contributed by atoms with Crippen molar-refractivity contribution in [1.29, 1.82) is 0 Å². The molecule has 1 saturated heterocycles. The van der Waals surface area contributed by atoms with E-state index in [9.17, 15) is 14.4 Å². The van der Waals surface area contributed by atoms with Crippen molar-refractivity contribution in [2.24, 2.45) is 0 Å². The number of carboxylic acid groups (broad SMARTS) is 1. The SMILES string of the molecule is Cc1cccc(C)c1N1C(=O)SC(CC(=O)O)C1=O. The Morgan fingerprint density at radius 2 is 1.89 bits per heavy atom. The molecule has 0 saturated carbocycles. The van der Waals surface area contributed by atoms with E-state index in [0.717, 1.165) is 27.8 Å². The maximum Gasteiger partial charge on any atom is 0.305 e. The van der Waals surface area contributed by atoms with E-state index in [4.69, 9.17) is 5.11 Å². The van der Waals surface area contributed by atoms with Crippen molar-refractivity contribution in [3.8, 4) is 0 Å². The van der Waals surface area contributed by atoms with E-state index in [1.165, 1.54) is 0 Å². The van der Waals surface area contributed by atoms with Gasteiger partial charge in [0.1, 0.15) is 5.25 Å². The summed E-state index contributed by atoms with van der Waals surface area (Å²) in [5, 5.41) is 7.51. The zero-order valence-electron chi connectivity index (χ0n) is 10.5. The van der Waals surface area contributed by atoms with Crippen LogP contribution in [0.4, 0.5) is 10.5 Å². The van der Waals surface area contributed by atoms with E-state index in [1.54, 1.807) is 0 Å². The molecule has 0 spiro atoms. The lowest BCUT2D eigenvalue weighted by atomic mass is 10.1. The number of thioether (sulfide) groups is 1. The number of benzene rings is 1. The van der Waals surface area contributed by atoms with Crippen molar-refractivity contribution in [2.45, 2.75) is 25.5 Å². The molecule has 1 fully saturated rings. The van der Waals surface area contributed by atoms with Crippen LogP contribution in [-0.2, 0) is 9.59 Å². The van der Waals surface area contributed by atoms with E-state index in [-0.39, 0.29) is 6.42 Å². The Balaban J connectivity index is 2.38. The zero-order chi connectivity index (χ0) is 14.2. The predicted octanol–water partition coefficient (Wildman–Crippen LogP) is 2.35. The molecule has 1 aromatic carbocycles. The van der Waals surface area contributed by atoms with Crippen molar-refractivity contribution < 1.29 is 19.5 Å². The first kappa shape index (κ1) is 13.6. The molecule has 100 valence electrons. The standard InChI is InChI=1S/C13H13NO4S/c1-7-4-3-5-8(2)11(7)14-12(17)9(6-10(15)16)19-13(14)18/h3-5,9H,6H2,1-2H3,(H,15,16). The number of anilines is 1. The molecule has 0 bridgehead atoms. The van der Waals surface area contributed by atoms with Gasteiger partial charge in [0.15, 0.2) is 0 Å². The Kier molecular flexibility index (Phi) is 3.61. The van der Waals surface area contributed by atoms with Crippen LogP contribution in [0.15, 0.2) is 18.2 Å². The molecule has 1 aliphatic heterocycles. The van der Waals surface area contributed by atoms with E-state index >= 15 is 0 Å². The highest BCUT2D eigenvalue weighted by Gasteiger charge is 2.42. The highest BCUT2D eigenvalue weighted by molar-refractivity contribution is 8.15. The van der Waals surface area contributed by atoms with Gasteiger partial charge in [0, 0.05) is 0 Å². The van der Waals surface area contributed by atoms with Gasteiger partial charge in [-0.15, -0.1) is 0 Å². The third-order valence-electron chi connectivity index (χ3n) is 2.94. The van der Waals surface area contributed by atoms with Crippen LogP contribution in [0.25, 0.3) is 0 Å². The lowest BCUT2D eigenvalue weighted by Gasteiger charge is -2.18. The zero-order valence-corrected chi connectivity index (χ0v) is 11.4. The van der Waals surface area contributed by atoms with E-state index in [1.807, 2.05) is 32.0 Å². The van der Waals surface area contributed by atoms with E-state index in [2.05, 4.69) is 0 Å². The summed E-state index contributed by atoms with van der Waals surface area (Å²) in [6, 6.07) is 5.48. The molecule has 1 heterocycles. The molecule has 19 heavy (non-hydrogen) atoms. The summed E-state index contributed by atoms with van der Waals surface area (Å²) in [4.78, 5) is 35.9. The third kappa shape index (κ3) is 2.49. The van der Waals surface area contributed by atoms with E-state index < -0.39 is 22.4 Å². The van der Waals surface area contributed by atoms with E-state index in [0.29, 0.717) is 5.69 Å². The van der Waals surface area contributed by atoms with Gasteiger partial charge in [0.05, 0.1) is 12.1 Å². The molecule has 1 aliphatic rings. The Bertz CT molecular complexity index is 550. The lowest BCUT2D eigenvalue weighted by Crippen LogP contribution is -2.33. The van der Waals surface area contributed by atoms with Crippen molar-refractivity contribution in [3.05, 3.63) is 29.3 Å². The fraction of sp³-hybridized carbons (Fsp3) is 0.308. The normalized spacial score (nSPS) is 19.1. The third-order valence-corrected chi connectivity index (χ3v) is 3.98. The average molecular weight is 279 g/mol. The minimum absolute atomic E-state index is 0.337. The number of aryl methyl sites for hydroxylation is 2. The van der Waals surface area contributed by atoms with Crippen LogP contribution in [0.5, 0.6) is 0 Å². The summed E-state index contributed by atoms with van der Waals surface area (Å²) in [6.45, 7) is 3.64. The number of nitrogens with zero attached hydrogens (tertiary/aromatic N) is 1. The molecular formula is C13H13NO4S. The number of hydrogen-bond donors (Lipinski definition) is 1. The monoisotopic (exact) mass is 279 g/mol. The molecule has 0 aliphatic carbocycles. The summed E-state index contributed by atoms with van der Waals surface area (Å²) in [5.41, 5.74) is 2.20. The molecule has 2 rings (SSSR count). The number of rotatable bonds is 3. The highest BCUT2D eigenvalue weighted by Crippen LogP contribution is 2.36. The van der Waals surface area contributed by atoms with Gasteiger partial charge in [-0.1, -0.05) is 18.2 Å². The molecule has 5 nitrogen and oxygen atoms in total. The summed E-state index contributed by atoms with van der Waals surface area (Å²) >= 11 is 0.779. The van der Waals surface area contributed by atoms with Gasteiger partial charge in [-0.05, 0) is 36.7 Å². The second-order valence-electron chi connectivity index (χ2n) is 4.38. The lowest BCUT2D eigenvalue weighted by molar-refractivity contribution is -0.138. The smallest absolute Gasteiger partial charge is 0.305 e. The molecule has 0 radical (unpaired) electrons. The van der Waals surface area contributed by atoms with Crippen molar-refractivity contribution >= 4 is 34.6 Å². The molecule has 0 aromatic heterocycles. The maximum atomic E-state index is 12.2. The van der Waals surface area contributed by atoms with Gasteiger partial charge in [-0.2, -0.15) is 0 Å². The Labute approximate surface area is 114 Å². The number of amides is 2. The number of carbonyl (C=O) groups excluding carboxylic acids is 2. The van der Waals surface area contributed by atoms with Crippen LogP contribution in [0.2, 0.25) is 0 Å². The number of hydrogen-bond acceptors (Lipinski definition) is 4. The van der Waals surface area contributed by atoms with Crippen LogP contribution in [-0.4, -0.2) is 27.5 Å². The second kappa shape index (κ2) is 5.05. The number of carbonyl (C=O) groups is 3. The quantitative estimate of drug-likeness (QED) is 0.919. The summed E-state index contributed by atoms with van der Waals surface area (Å²) in [7, 11) is 0. The fourth-order valence-corrected chi connectivity index (χ4v) is 3.07. The summed E-state index contributed by atoms with van der Waals surface area (Å²) in [6.07, 6.45) is -0.337. The maximum absolute atomic E-state index is 12.2. The van der Waals surface area contributed by atoms with Gasteiger partial charge in [-0.25, -0.2) is 4.90 Å². The Morgan fingerprint density at radius 3 is 2.42 bits per heavy atom. The summed E-state index contributed by atoms with van der Waals surface area (Å²) in [5.74, 6) is -1.53. The van der Waals surface area contributed by atoms with Gasteiger partial charge < -0.3 is 5.11 Å². The Hall–Kier alpha value is -1.82. The van der Waals surface area contributed by atoms with Gasteiger partial charge in [-0.3, -0.25) is 14.4 Å². The van der Waals surface area contributed by atoms with Crippen LogP contribution < -0.4 is 4.90 Å².